The Morgan fingerprint density at radius 3 is 2.90 bits per heavy atom. The summed E-state index contributed by atoms with van der Waals surface area (Å²) >= 11 is 1.60. The molecule has 2 N–H and O–H groups in total. The standard InChI is InChI=1S/C16H24N2OS/c1-13-4-6-15(7-5-13)20-12-16(19)18-10-8-14-3-2-9-17-11-14/h4-7,14,17H,2-3,8-12H2,1H3,(H,18,19). The molecule has 1 aliphatic heterocycles. The molecule has 1 saturated heterocycles. The first-order valence-corrected chi connectivity index (χ1v) is 8.39. The van der Waals surface area contributed by atoms with Crippen molar-refractivity contribution in [3.8, 4) is 0 Å². The third kappa shape index (κ3) is 5.55. The van der Waals surface area contributed by atoms with E-state index >= 15 is 0 Å². The largest absolute Gasteiger partial charge is 0.355 e. The van der Waals surface area contributed by atoms with E-state index in [1.54, 1.807) is 11.8 Å². The molecule has 0 radical (unpaired) electrons. The van der Waals surface area contributed by atoms with E-state index in [0.717, 1.165) is 36.9 Å². The molecule has 1 aromatic rings. The molecule has 1 aliphatic rings. The van der Waals surface area contributed by atoms with Gasteiger partial charge in [-0.25, -0.2) is 0 Å². The average molecular weight is 292 g/mol. The lowest BCUT2D eigenvalue weighted by atomic mass is 9.96. The van der Waals surface area contributed by atoms with E-state index in [0.29, 0.717) is 5.75 Å². The summed E-state index contributed by atoms with van der Waals surface area (Å²) < 4.78 is 0. The van der Waals surface area contributed by atoms with Gasteiger partial charge in [-0.1, -0.05) is 17.7 Å². The summed E-state index contributed by atoms with van der Waals surface area (Å²) in [6.45, 7) is 5.13. The van der Waals surface area contributed by atoms with Gasteiger partial charge in [-0.15, -0.1) is 11.8 Å². The van der Waals surface area contributed by atoms with Crippen LogP contribution in [0.25, 0.3) is 0 Å². The van der Waals surface area contributed by atoms with Crippen LogP contribution in [0.4, 0.5) is 0 Å². The van der Waals surface area contributed by atoms with Crippen LogP contribution in [0.1, 0.15) is 24.8 Å². The lowest BCUT2D eigenvalue weighted by molar-refractivity contribution is -0.118. The first-order chi connectivity index (χ1) is 9.74. The van der Waals surface area contributed by atoms with Crippen molar-refractivity contribution in [2.75, 3.05) is 25.4 Å². The maximum absolute atomic E-state index is 11.8. The van der Waals surface area contributed by atoms with Gasteiger partial charge in [0.05, 0.1) is 5.75 Å². The number of amides is 1. The summed E-state index contributed by atoms with van der Waals surface area (Å²) in [5, 5.41) is 6.43. The smallest absolute Gasteiger partial charge is 0.230 e. The number of thioether (sulfide) groups is 1. The maximum atomic E-state index is 11.8. The molecule has 20 heavy (non-hydrogen) atoms. The minimum Gasteiger partial charge on any atom is -0.355 e. The predicted octanol–water partition coefficient (Wildman–Crippen LogP) is 2.59. The third-order valence-electron chi connectivity index (χ3n) is 3.66. The van der Waals surface area contributed by atoms with Crippen LogP contribution in [0.3, 0.4) is 0 Å². The van der Waals surface area contributed by atoms with Gasteiger partial charge in [-0.05, 0) is 57.3 Å². The lowest BCUT2D eigenvalue weighted by Gasteiger charge is -2.22. The summed E-state index contributed by atoms with van der Waals surface area (Å²) in [7, 11) is 0. The molecule has 0 aliphatic carbocycles. The van der Waals surface area contributed by atoms with E-state index < -0.39 is 0 Å². The van der Waals surface area contributed by atoms with Crippen molar-refractivity contribution in [2.24, 2.45) is 5.92 Å². The van der Waals surface area contributed by atoms with Crippen LogP contribution in [0, 0.1) is 12.8 Å². The number of carbonyl (C=O) groups is 1. The molecular weight excluding hydrogens is 268 g/mol. The Bertz CT molecular complexity index is 413. The molecular formula is C16H24N2OS. The summed E-state index contributed by atoms with van der Waals surface area (Å²) in [4.78, 5) is 12.9. The summed E-state index contributed by atoms with van der Waals surface area (Å²) in [5.74, 6) is 1.37. The summed E-state index contributed by atoms with van der Waals surface area (Å²) in [6, 6.07) is 8.30. The molecule has 1 unspecified atom stereocenters. The second kappa shape index (κ2) is 8.32. The van der Waals surface area contributed by atoms with E-state index in [-0.39, 0.29) is 5.91 Å². The van der Waals surface area contributed by atoms with Gasteiger partial charge in [0.25, 0.3) is 0 Å². The zero-order chi connectivity index (χ0) is 14.2. The van der Waals surface area contributed by atoms with Crippen molar-refractivity contribution in [3.05, 3.63) is 29.8 Å². The Kier molecular flexibility index (Phi) is 6.40. The van der Waals surface area contributed by atoms with Gasteiger partial charge in [0.1, 0.15) is 0 Å². The molecule has 1 heterocycles. The molecule has 2 rings (SSSR count). The van der Waals surface area contributed by atoms with Gasteiger partial charge in [0, 0.05) is 11.4 Å². The molecule has 3 nitrogen and oxygen atoms in total. The van der Waals surface area contributed by atoms with Crippen molar-refractivity contribution < 1.29 is 4.79 Å². The predicted molar refractivity (Wildman–Crippen MR) is 85.1 cm³/mol. The first kappa shape index (κ1) is 15.4. The average Bonchev–Trinajstić information content (AvgIpc) is 2.48. The van der Waals surface area contributed by atoms with Gasteiger partial charge in [-0.2, -0.15) is 0 Å². The Morgan fingerprint density at radius 2 is 2.20 bits per heavy atom. The van der Waals surface area contributed by atoms with Gasteiger partial charge in [0.2, 0.25) is 5.91 Å². The van der Waals surface area contributed by atoms with Crippen molar-refractivity contribution >= 4 is 17.7 Å². The molecule has 0 saturated carbocycles. The van der Waals surface area contributed by atoms with E-state index in [9.17, 15) is 4.79 Å². The molecule has 1 atom stereocenters. The zero-order valence-corrected chi connectivity index (χ0v) is 13.0. The quantitative estimate of drug-likeness (QED) is 0.792. The van der Waals surface area contributed by atoms with Crippen LogP contribution in [-0.4, -0.2) is 31.3 Å². The van der Waals surface area contributed by atoms with Crippen LogP contribution < -0.4 is 10.6 Å². The highest BCUT2D eigenvalue weighted by molar-refractivity contribution is 8.00. The molecule has 110 valence electrons. The van der Waals surface area contributed by atoms with Crippen molar-refractivity contribution in [3.63, 3.8) is 0 Å². The van der Waals surface area contributed by atoms with Crippen LogP contribution in [-0.2, 0) is 4.79 Å². The van der Waals surface area contributed by atoms with Gasteiger partial charge >= 0.3 is 0 Å². The third-order valence-corrected chi connectivity index (χ3v) is 4.68. The van der Waals surface area contributed by atoms with Crippen LogP contribution >= 0.6 is 11.8 Å². The normalized spacial score (nSPS) is 18.8. The summed E-state index contributed by atoms with van der Waals surface area (Å²) in [5.41, 5.74) is 1.25. The van der Waals surface area contributed by atoms with Crippen LogP contribution in [0.2, 0.25) is 0 Å². The number of hydrogen-bond acceptors (Lipinski definition) is 3. The Balaban J connectivity index is 1.59. The molecule has 0 spiro atoms. The number of benzene rings is 1. The Hall–Kier alpha value is -1.00. The van der Waals surface area contributed by atoms with E-state index in [4.69, 9.17) is 0 Å². The van der Waals surface area contributed by atoms with E-state index in [2.05, 4.69) is 41.8 Å². The fraction of sp³-hybridized carbons (Fsp3) is 0.562. The monoisotopic (exact) mass is 292 g/mol. The van der Waals surface area contributed by atoms with Crippen LogP contribution in [0.15, 0.2) is 29.2 Å². The molecule has 1 aromatic carbocycles. The number of hydrogen-bond donors (Lipinski definition) is 2. The van der Waals surface area contributed by atoms with Crippen molar-refractivity contribution in [2.45, 2.75) is 31.1 Å². The topological polar surface area (TPSA) is 41.1 Å². The highest BCUT2D eigenvalue weighted by Gasteiger charge is 2.12. The SMILES string of the molecule is Cc1ccc(SCC(=O)NCCC2CCCNC2)cc1. The Morgan fingerprint density at radius 1 is 1.40 bits per heavy atom. The highest BCUT2D eigenvalue weighted by Crippen LogP contribution is 2.18. The van der Waals surface area contributed by atoms with Crippen molar-refractivity contribution in [1.29, 1.82) is 0 Å². The number of nitrogens with one attached hydrogen (secondary N) is 2. The second-order valence-electron chi connectivity index (χ2n) is 5.45. The number of aryl methyl sites for hydroxylation is 1. The van der Waals surface area contributed by atoms with Crippen molar-refractivity contribution in [1.82, 2.24) is 10.6 Å². The zero-order valence-electron chi connectivity index (χ0n) is 12.2. The minimum absolute atomic E-state index is 0.138. The highest BCUT2D eigenvalue weighted by atomic mass is 32.2. The minimum atomic E-state index is 0.138. The molecule has 1 amide bonds. The first-order valence-electron chi connectivity index (χ1n) is 7.41. The molecule has 4 heteroatoms. The number of piperidine rings is 1. The summed E-state index contributed by atoms with van der Waals surface area (Å²) in [6.07, 6.45) is 3.65. The maximum Gasteiger partial charge on any atom is 0.230 e. The number of rotatable bonds is 6. The van der Waals surface area contributed by atoms with Crippen LogP contribution in [0.5, 0.6) is 0 Å². The van der Waals surface area contributed by atoms with Gasteiger partial charge in [0.15, 0.2) is 0 Å². The van der Waals surface area contributed by atoms with E-state index in [1.807, 2.05) is 0 Å². The fourth-order valence-electron chi connectivity index (χ4n) is 2.42. The lowest BCUT2D eigenvalue weighted by Crippen LogP contribution is -2.33. The van der Waals surface area contributed by atoms with E-state index in [1.165, 1.54) is 18.4 Å². The fourth-order valence-corrected chi connectivity index (χ4v) is 3.15. The van der Waals surface area contributed by atoms with Gasteiger partial charge < -0.3 is 10.6 Å². The number of carbonyl (C=O) groups excluding carboxylic acids is 1. The van der Waals surface area contributed by atoms with Gasteiger partial charge in [-0.3, -0.25) is 4.79 Å². The molecule has 0 aromatic heterocycles. The molecule has 1 fully saturated rings. The second-order valence-corrected chi connectivity index (χ2v) is 6.50. The molecule has 0 bridgehead atoms. The Labute approximate surface area is 125 Å².